The Bertz CT molecular complexity index is 1420. The van der Waals surface area contributed by atoms with E-state index in [0.29, 0.717) is 21.7 Å². The molecule has 222 valence electrons. The molecule has 8 bridgehead atoms. The quantitative estimate of drug-likeness (QED) is 0.381. The van der Waals surface area contributed by atoms with Gasteiger partial charge < -0.3 is 10.6 Å². The summed E-state index contributed by atoms with van der Waals surface area (Å²) in [7, 11) is 0. The summed E-state index contributed by atoms with van der Waals surface area (Å²) in [6.45, 7) is 8.48. The maximum Gasteiger partial charge on any atom is 0.221 e. The molecule has 0 radical (unpaired) electrons. The van der Waals surface area contributed by atoms with Gasteiger partial charge in [-0.25, -0.2) is 0 Å². The predicted molar refractivity (Wildman–Crippen MR) is 168 cm³/mol. The van der Waals surface area contributed by atoms with Gasteiger partial charge in [-0.3, -0.25) is 9.59 Å². The van der Waals surface area contributed by atoms with Crippen LogP contribution in [0.5, 0.6) is 0 Å². The zero-order chi connectivity index (χ0) is 29.2. The van der Waals surface area contributed by atoms with Crippen molar-refractivity contribution in [2.75, 3.05) is 10.6 Å². The van der Waals surface area contributed by atoms with Crippen LogP contribution in [-0.4, -0.2) is 11.8 Å². The van der Waals surface area contributed by atoms with E-state index in [2.05, 4.69) is 73.0 Å². The van der Waals surface area contributed by atoms with Crippen molar-refractivity contribution in [3.8, 4) is 0 Å². The molecule has 8 fully saturated rings. The summed E-state index contributed by atoms with van der Waals surface area (Å²) in [5.41, 5.74) is 7.03. The maximum absolute atomic E-state index is 11.7. The average Bonchev–Trinajstić information content (AvgIpc) is 2.86. The molecule has 0 aromatic heterocycles. The number of amides is 2. The van der Waals surface area contributed by atoms with Crippen LogP contribution < -0.4 is 10.6 Å². The van der Waals surface area contributed by atoms with Gasteiger partial charge in [0, 0.05) is 25.2 Å². The highest BCUT2D eigenvalue weighted by molar-refractivity contribution is 5.89. The first-order chi connectivity index (χ1) is 19.8. The molecular formula is C38H48N2O2. The molecule has 2 amide bonds. The van der Waals surface area contributed by atoms with Gasteiger partial charge in [0.15, 0.2) is 0 Å². The Morgan fingerprint density at radius 2 is 1.02 bits per heavy atom. The molecule has 42 heavy (non-hydrogen) atoms. The Morgan fingerprint density at radius 3 is 1.50 bits per heavy atom. The Balaban J connectivity index is 1.19. The standard InChI is InChI=1S/C38H48N2O2/c1-25(41)39-31-9-5-29(6-10-31)35-14-27-13-28(15-35)17-37(16-27,23-35)38-21-33(3)18-34(4,22-38)20-36(19-33,24-38)30-7-11-32(12-8-30)40-26(2)42/h5-12,27-28H,13-24H2,1-4H3,(H,39,41)(H,40,42). The first-order valence-corrected chi connectivity index (χ1v) is 16.6. The van der Waals surface area contributed by atoms with Gasteiger partial charge in [0.2, 0.25) is 11.8 Å². The van der Waals surface area contributed by atoms with E-state index >= 15 is 0 Å². The van der Waals surface area contributed by atoms with Gasteiger partial charge in [0.05, 0.1) is 0 Å². The minimum atomic E-state index is -0.00275. The van der Waals surface area contributed by atoms with Crippen LogP contribution in [0.25, 0.3) is 0 Å². The van der Waals surface area contributed by atoms with Crippen molar-refractivity contribution >= 4 is 23.2 Å². The Hall–Kier alpha value is -2.62. The van der Waals surface area contributed by atoms with Crippen LogP contribution in [0.3, 0.4) is 0 Å². The van der Waals surface area contributed by atoms with Crippen LogP contribution in [0, 0.1) is 33.5 Å². The molecule has 2 N–H and O–H groups in total. The second-order valence-corrected chi connectivity index (χ2v) is 17.3. The third-order valence-electron chi connectivity index (χ3n) is 13.4. The minimum Gasteiger partial charge on any atom is -0.326 e. The fraction of sp³-hybridized carbons (Fsp3) is 0.632. The van der Waals surface area contributed by atoms with E-state index < -0.39 is 0 Å². The molecule has 4 unspecified atom stereocenters. The van der Waals surface area contributed by atoms with E-state index in [4.69, 9.17) is 0 Å². The molecule has 2 aromatic rings. The van der Waals surface area contributed by atoms with Crippen molar-refractivity contribution in [2.45, 2.75) is 116 Å². The normalized spacial score (nSPS) is 44.3. The highest BCUT2D eigenvalue weighted by atomic mass is 16.2. The van der Waals surface area contributed by atoms with Crippen LogP contribution in [-0.2, 0) is 20.4 Å². The summed E-state index contributed by atoms with van der Waals surface area (Å²) >= 11 is 0. The van der Waals surface area contributed by atoms with Gasteiger partial charge in [-0.1, -0.05) is 38.1 Å². The number of benzene rings is 2. The van der Waals surface area contributed by atoms with E-state index in [1.54, 1.807) is 13.8 Å². The maximum atomic E-state index is 11.7. The van der Waals surface area contributed by atoms with Crippen LogP contribution in [0.1, 0.15) is 116 Å². The topological polar surface area (TPSA) is 58.2 Å². The number of carbonyl (C=O) groups excluding carboxylic acids is 2. The van der Waals surface area contributed by atoms with Gasteiger partial charge in [-0.2, -0.15) is 0 Å². The molecule has 10 rings (SSSR count). The average molecular weight is 565 g/mol. The fourth-order valence-corrected chi connectivity index (χ4v) is 14.0. The summed E-state index contributed by atoms with van der Waals surface area (Å²) in [5.74, 6) is 1.70. The summed E-state index contributed by atoms with van der Waals surface area (Å²) < 4.78 is 0. The molecule has 8 saturated carbocycles. The number of carbonyl (C=O) groups is 2. The van der Waals surface area contributed by atoms with Gasteiger partial charge >= 0.3 is 0 Å². The fourth-order valence-electron chi connectivity index (χ4n) is 14.0. The van der Waals surface area contributed by atoms with Gasteiger partial charge in [-0.05, 0) is 157 Å². The van der Waals surface area contributed by atoms with Crippen molar-refractivity contribution < 1.29 is 9.59 Å². The lowest BCUT2D eigenvalue weighted by molar-refractivity contribution is -0.249. The zero-order valence-electron chi connectivity index (χ0n) is 26.1. The highest BCUT2D eigenvalue weighted by Gasteiger charge is 2.73. The molecular weight excluding hydrogens is 516 g/mol. The lowest BCUT2D eigenvalue weighted by Gasteiger charge is -2.77. The first kappa shape index (κ1) is 27.0. The number of hydrogen-bond donors (Lipinski definition) is 2. The highest BCUT2D eigenvalue weighted by Crippen LogP contribution is 2.82. The molecule has 0 heterocycles. The molecule has 4 heteroatoms. The summed E-state index contributed by atoms with van der Waals surface area (Å²) in [6, 6.07) is 18.0. The molecule has 8 aliphatic carbocycles. The number of rotatable bonds is 5. The summed E-state index contributed by atoms with van der Waals surface area (Å²) in [5, 5.41) is 5.97. The Kier molecular flexibility index (Phi) is 5.46. The summed E-state index contributed by atoms with van der Waals surface area (Å²) in [4.78, 5) is 23.4. The van der Waals surface area contributed by atoms with Crippen molar-refractivity contribution in [2.24, 2.45) is 33.5 Å². The van der Waals surface area contributed by atoms with Crippen LogP contribution in [0.2, 0.25) is 0 Å². The van der Waals surface area contributed by atoms with Gasteiger partial charge in [-0.15, -0.1) is 0 Å². The molecule has 4 nitrogen and oxygen atoms in total. The SMILES string of the molecule is CC(=O)Nc1ccc(C23CC4CC(C2)CC(C25CC6(C)CC(C)(CC(c7ccc(NC(C)=O)cc7)(C6)C2)C5)(C4)C3)cc1. The molecule has 2 aromatic carbocycles. The lowest BCUT2D eigenvalue weighted by Crippen LogP contribution is -2.69. The lowest BCUT2D eigenvalue weighted by atomic mass is 9.27. The number of nitrogens with one attached hydrogen (secondary N) is 2. The van der Waals surface area contributed by atoms with Gasteiger partial charge in [0.25, 0.3) is 0 Å². The first-order valence-electron chi connectivity index (χ1n) is 16.6. The van der Waals surface area contributed by atoms with Crippen molar-refractivity contribution in [3.63, 3.8) is 0 Å². The van der Waals surface area contributed by atoms with E-state index in [1.165, 1.54) is 88.2 Å². The number of hydrogen-bond acceptors (Lipinski definition) is 2. The van der Waals surface area contributed by atoms with Crippen LogP contribution in [0.4, 0.5) is 11.4 Å². The van der Waals surface area contributed by atoms with Crippen molar-refractivity contribution in [1.82, 2.24) is 0 Å². The van der Waals surface area contributed by atoms with E-state index in [1.807, 2.05) is 0 Å². The molecule has 4 atom stereocenters. The summed E-state index contributed by atoms with van der Waals surface area (Å²) in [6.07, 6.45) is 16.6. The monoisotopic (exact) mass is 564 g/mol. The van der Waals surface area contributed by atoms with E-state index in [9.17, 15) is 9.59 Å². The van der Waals surface area contributed by atoms with Crippen molar-refractivity contribution in [3.05, 3.63) is 59.7 Å². The zero-order valence-corrected chi connectivity index (χ0v) is 26.1. The molecule has 0 spiro atoms. The van der Waals surface area contributed by atoms with Crippen molar-refractivity contribution in [1.29, 1.82) is 0 Å². The third-order valence-corrected chi connectivity index (χ3v) is 13.4. The minimum absolute atomic E-state index is 0.000928. The Morgan fingerprint density at radius 1 is 0.571 bits per heavy atom. The molecule has 0 saturated heterocycles. The second kappa shape index (κ2) is 8.51. The molecule has 8 aliphatic rings. The number of anilines is 2. The third kappa shape index (κ3) is 3.92. The van der Waals surface area contributed by atoms with Crippen LogP contribution >= 0.6 is 0 Å². The van der Waals surface area contributed by atoms with E-state index in [-0.39, 0.29) is 22.6 Å². The van der Waals surface area contributed by atoms with Gasteiger partial charge in [0.1, 0.15) is 0 Å². The largest absolute Gasteiger partial charge is 0.326 e. The smallest absolute Gasteiger partial charge is 0.221 e. The van der Waals surface area contributed by atoms with Crippen LogP contribution in [0.15, 0.2) is 48.5 Å². The van der Waals surface area contributed by atoms with E-state index in [0.717, 1.165) is 23.2 Å². The second-order valence-electron chi connectivity index (χ2n) is 17.3. The Labute approximate surface area is 251 Å². The predicted octanol–water partition coefficient (Wildman–Crippen LogP) is 8.76. The molecule has 0 aliphatic heterocycles.